The standard InChI is InChI=1S/C11H13BrN2/c12-10-4-9(6-14-7-10)3-8-1-2-11(13)5-8/h4-7,11H,1-3,13H2. The quantitative estimate of drug-likeness (QED) is 0.822. The molecule has 74 valence electrons. The van der Waals surface area contributed by atoms with E-state index in [9.17, 15) is 0 Å². The number of halogens is 1. The molecule has 0 spiro atoms. The van der Waals surface area contributed by atoms with Gasteiger partial charge in [-0.3, -0.25) is 4.98 Å². The SMILES string of the molecule is NC1C=C(Cc2cncc(Br)c2)CC1. The minimum absolute atomic E-state index is 0.269. The molecule has 0 fully saturated rings. The zero-order chi connectivity index (χ0) is 9.97. The lowest BCUT2D eigenvalue weighted by Crippen LogP contribution is -2.11. The number of nitrogens with two attached hydrogens (primary N) is 1. The Hall–Kier alpha value is -0.670. The molecule has 1 unspecified atom stereocenters. The molecule has 2 rings (SSSR count). The molecule has 3 heteroatoms. The van der Waals surface area contributed by atoms with Crippen LogP contribution in [0, 0.1) is 0 Å². The first kappa shape index (κ1) is 9.87. The summed E-state index contributed by atoms with van der Waals surface area (Å²) in [6.07, 6.45) is 9.11. The summed E-state index contributed by atoms with van der Waals surface area (Å²) in [5.41, 5.74) is 8.50. The fourth-order valence-corrected chi connectivity index (χ4v) is 2.20. The lowest BCUT2D eigenvalue weighted by atomic mass is 10.1. The fraction of sp³-hybridized carbons (Fsp3) is 0.364. The number of hydrogen-bond donors (Lipinski definition) is 1. The highest BCUT2D eigenvalue weighted by molar-refractivity contribution is 9.10. The Morgan fingerprint density at radius 2 is 2.36 bits per heavy atom. The molecule has 1 aliphatic rings. The molecule has 2 nitrogen and oxygen atoms in total. The van der Waals surface area contributed by atoms with Gasteiger partial charge in [0, 0.05) is 22.9 Å². The Morgan fingerprint density at radius 3 is 3.00 bits per heavy atom. The highest BCUT2D eigenvalue weighted by atomic mass is 79.9. The van der Waals surface area contributed by atoms with E-state index in [-0.39, 0.29) is 6.04 Å². The summed E-state index contributed by atoms with van der Waals surface area (Å²) >= 11 is 3.42. The average molecular weight is 253 g/mol. The molecular weight excluding hydrogens is 240 g/mol. The first-order valence-corrected chi connectivity index (χ1v) is 5.58. The highest BCUT2D eigenvalue weighted by Crippen LogP contribution is 2.21. The van der Waals surface area contributed by atoms with Crippen molar-refractivity contribution in [2.24, 2.45) is 5.73 Å². The summed E-state index contributed by atoms with van der Waals surface area (Å²) in [5.74, 6) is 0. The minimum atomic E-state index is 0.269. The maximum atomic E-state index is 5.81. The molecule has 1 aromatic heterocycles. The molecule has 0 radical (unpaired) electrons. The summed E-state index contributed by atoms with van der Waals surface area (Å²) in [7, 11) is 0. The second-order valence-electron chi connectivity index (χ2n) is 3.72. The van der Waals surface area contributed by atoms with Crippen LogP contribution in [0.2, 0.25) is 0 Å². The average Bonchev–Trinajstić information content (AvgIpc) is 2.51. The molecular formula is C11H13BrN2. The molecule has 0 saturated carbocycles. The van der Waals surface area contributed by atoms with E-state index < -0.39 is 0 Å². The van der Waals surface area contributed by atoms with E-state index in [0.29, 0.717) is 0 Å². The van der Waals surface area contributed by atoms with E-state index in [0.717, 1.165) is 23.7 Å². The molecule has 0 bridgehead atoms. The van der Waals surface area contributed by atoms with Crippen molar-refractivity contribution in [1.29, 1.82) is 0 Å². The molecule has 0 amide bonds. The van der Waals surface area contributed by atoms with Crippen molar-refractivity contribution in [3.8, 4) is 0 Å². The molecule has 0 aromatic carbocycles. The Kier molecular flexibility index (Phi) is 2.99. The van der Waals surface area contributed by atoms with E-state index in [1.54, 1.807) is 6.20 Å². The Labute approximate surface area is 92.4 Å². The van der Waals surface area contributed by atoms with Gasteiger partial charge < -0.3 is 5.73 Å². The molecule has 1 aliphatic carbocycles. The predicted molar refractivity (Wildman–Crippen MR) is 60.9 cm³/mol. The van der Waals surface area contributed by atoms with Gasteiger partial charge in [0.05, 0.1) is 0 Å². The number of rotatable bonds is 2. The van der Waals surface area contributed by atoms with E-state index >= 15 is 0 Å². The van der Waals surface area contributed by atoms with Gasteiger partial charge in [-0.15, -0.1) is 0 Å². The van der Waals surface area contributed by atoms with Gasteiger partial charge in [-0.2, -0.15) is 0 Å². The third-order valence-corrected chi connectivity index (χ3v) is 2.87. The Balaban J connectivity index is 2.08. The number of aromatic nitrogens is 1. The number of pyridine rings is 1. The number of nitrogens with zero attached hydrogens (tertiary/aromatic N) is 1. The van der Waals surface area contributed by atoms with Crippen LogP contribution in [0.5, 0.6) is 0 Å². The van der Waals surface area contributed by atoms with Crippen molar-refractivity contribution in [1.82, 2.24) is 4.98 Å². The van der Waals surface area contributed by atoms with E-state index in [4.69, 9.17) is 5.73 Å². The van der Waals surface area contributed by atoms with Crippen molar-refractivity contribution in [3.05, 3.63) is 40.1 Å². The third kappa shape index (κ3) is 2.42. The van der Waals surface area contributed by atoms with Crippen LogP contribution < -0.4 is 5.73 Å². The van der Waals surface area contributed by atoms with Crippen LogP contribution in [0.1, 0.15) is 18.4 Å². The monoisotopic (exact) mass is 252 g/mol. The van der Waals surface area contributed by atoms with Crippen molar-refractivity contribution < 1.29 is 0 Å². The molecule has 0 saturated heterocycles. The van der Waals surface area contributed by atoms with Crippen LogP contribution in [0.25, 0.3) is 0 Å². The first-order valence-electron chi connectivity index (χ1n) is 4.78. The fourth-order valence-electron chi connectivity index (χ4n) is 1.78. The second kappa shape index (κ2) is 4.24. The number of hydrogen-bond acceptors (Lipinski definition) is 2. The molecule has 2 N–H and O–H groups in total. The zero-order valence-electron chi connectivity index (χ0n) is 7.91. The van der Waals surface area contributed by atoms with Crippen LogP contribution in [0.3, 0.4) is 0 Å². The number of allylic oxidation sites excluding steroid dienone is 1. The lowest BCUT2D eigenvalue weighted by molar-refractivity contribution is 0.769. The van der Waals surface area contributed by atoms with Crippen LogP contribution in [-0.2, 0) is 6.42 Å². The topological polar surface area (TPSA) is 38.9 Å². The van der Waals surface area contributed by atoms with Crippen LogP contribution in [-0.4, -0.2) is 11.0 Å². The summed E-state index contributed by atoms with van der Waals surface area (Å²) in [6.45, 7) is 0. The van der Waals surface area contributed by atoms with Crippen molar-refractivity contribution in [2.75, 3.05) is 0 Å². The Bertz CT molecular complexity index is 360. The zero-order valence-corrected chi connectivity index (χ0v) is 9.50. The van der Waals surface area contributed by atoms with Gasteiger partial charge in [0.2, 0.25) is 0 Å². The maximum Gasteiger partial charge on any atom is 0.0410 e. The molecule has 1 heterocycles. The van der Waals surface area contributed by atoms with Gasteiger partial charge in [-0.1, -0.05) is 11.6 Å². The molecule has 14 heavy (non-hydrogen) atoms. The van der Waals surface area contributed by atoms with Crippen LogP contribution in [0.15, 0.2) is 34.6 Å². The van der Waals surface area contributed by atoms with E-state index in [1.165, 1.54) is 11.1 Å². The van der Waals surface area contributed by atoms with Crippen LogP contribution in [0.4, 0.5) is 0 Å². The molecule has 1 atom stereocenters. The van der Waals surface area contributed by atoms with Gasteiger partial charge in [0.15, 0.2) is 0 Å². The molecule has 0 aliphatic heterocycles. The van der Waals surface area contributed by atoms with Crippen LogP contribution >= 0.6 is 15.9 Å². The normalized spacial score (nSPS) is 21.0. The van der Waals surface area contributed by atoms with Gasteiger partial charge in [-0.25, -0.2) is 0 Å². The highest BCUT2D eigenvalue weighted by Gasteiger charge is 2.11. The van der Waals surface area contributed by atoms with Crippen molar-refractivity contribution >= 4 is 15.9 Å². The predicted octanol–water partition coefficient (Wildman–Crippen LogP) is 2.43. The summed E-state index contributed by atoms with van der Waals surface area (Å²) in [5, 5.41) is 0. The lowest BCUT2D eigenvalue weighted by Gasteiger charge is -2.01. The summed E-state index contributed by atoms with van der Waals surface area (Å²) < 4.78 is 1.04. The smallest absolute Gasteiger partial charge is 0.0410 e. The van der Waals surface area contributed by atoms with Gasteiger partial charge >= 0.3 is 0 Å². The van der Waals surface area contributed by atoms with E-state index in [2.05, 4.69) is 33.1 Å². The van der Waals surface area contributed by atoms with Crippen molar-refractivity contribution in [2.45, 2.75) is 25.3 Å². The largest absolute Gasteiger partial charge is 0.324 e. The minimum Gasteiger partial charge on any atom is -0.324 e. The van der Waals surface area contributed by atoms with Gasteiger partial charge in [-0.05, 0) is 46.8 Å². The third-order valence-electron chi connectivity index (χ3n) is 2.44. The van der Waals surface area contributed by atoms with Gasteiger partial charge in [0.1, 0.15) is 0 Å². The maximum absolute atomic E-state index is 5.81. The Morgan fingerprint density at radius 1 is 1.50 bits per heavy atom. The molecule has 1 aromatic rings. The summed E-state index contributed by atoms with van der Waals surface area (Å²) in [6, 6.07) is 2.38. The van der Waals surface area contributed by atoms with Crippen molar-refractivity contribution in [3.63, 3.8) is 0 Å². The van der Waals surface area contributed by atoms with Gasteiger partial charge in [0.25, 0.3) is 0 Å². The second-order valence-corrected chi connectivity index (χ2v) is 4.63. The summed E-state index contributed by atoms with van der Waals surface area (Å²) in [4.78, 5) is 4.14. The first-order chi connectivity index (χ1) is 6.74. The van der Waals surface area contributed by atoms with E-state index in [1.807, 2.05) is 6.20 Å².